The summed E-state index contributed by atoms with van der Waals surface area (Å²) in [5, 5.41) is 3.24. The van der Waals surface area contributed by atoms with E-state index >= 15 is 0 Å². The quantitative estimate of drug-likeness (QED) is 0.812. The summed E-state index contributed by atoms with van der Waals surface area (Å²) in [4.78, 5) is 0. The van der Waals surface area contributed by atoms with Crippen molar-refractivity contribution in [1.82, 2.24) is 0 Å². The first-order chi connectivity index (χ1) is 8.72. The number of anilines is 3. The van der Waals surface area contributed by atoms with Crippen molar-refractivity contribution in [1.29, 1.82) is 0 Å². The zero-order valence-electron chi connectivity index (χ0n) is 10.4. The van der Waals surface area contributed by atoms with Gasteiger partial charge < -0.3 is 20.5 Å². The maximum atomic E-state index is 5.94. The van der Waals surface area contributed by atoms with Gasteiger partial charge in [0.25, 0.3) is 0 Å². The van der Waals surface area contributed by atoms with Gasteiger partial charge in [-0.25, -0.2) is 0 Å². The highest BCUT2D eigenvalue weighted by atomic mass is 16.5. The van der Waals surface area contributed by atoms with Gasteiger partial charge in [0.15, 0.2) is 0 Å². The van der Waals surface area contributed by atoms with Crippen LogP contribution in [0, 0.1) is 0 Å². The minimum atomic E-state index is 0.636. The first kappa shape index (κ1) is 12.1. The molecule has 0 radical (unpaired) electrons. The Bertz CT molecular complexity index is 541. The normalized spacial score (nSPS) is 9.89. The Hall–Kier alpha value is -2.36. The van der Waals surface area contributed by atoms with E-state index in [1.165, 1.54) is 0 Å². The molecule has 0 aliphatic rings. The van der Waals surface area contributed by atoms with Gasteiger partial charge in [-0.1, -0.05) is 6.07 Å². The van der Waals surface area contributed by atoms with Crippen LogP contribution in [-0.2, 0) is 0 Å². The zero-order valence-corrected chi connectivity index (χ0v) is 10.4. The van der Waals surface area contributed by atoms with Gasteiger partial charge in [0.2, 0.25) is 0 Å². The van der Waals surface area contributed by atoms with E-state index in [9.17, 15) is 0 Å². The second-order valence-corrected chi connectivity index (χ2v) is 3.81. The molecule has 0 aliphatic carbocycles. The third-order valence-electron chi connectivity index (χ3n) is 2.61. The predicted octanol–water partition coefficient (Wildman–Crippen LogP) is 3.03. The minimum absolute atomic E-state index is 0.636. The number of rotatable bonds is 4. The van der Waals surface area contributed by atoms with Crippen LogP contribution < -0.4 is 20.5 Å². The molecule has 2 rings (SSSR count). The largest absolute Gasteiger partial charge is 0.497 e. The fourth-order valence-corrected chi connectivity index (χ4v) is 1.64. The fraction of sp³-hybridized carbons (Fsp3) is 0.143. The molecule has 0 fully saturated rings. The van der Waals surface area contributed by atoms with Crippen molar-refractivity contribution in [3.05, 3.63) is 42.5 Å². The molecule has 2 aromatic carbocycles. The molecule has 94 valence electrons. The third kappa shape index (κ3) is 2.66. The molecular weight excluding hydrogens is 228 g/mol. The van der Waals surface area contributed by atoms with E-state index < -0.39 is 0 Å². The van der Waals surface area contributed by atoms with Crippen LogP contribution in [0.15, 0.2) is 42.5 Å². The van der Waals surface area contributed by atoms with Gasteiger partial charge in [-0.3, -0.25) is 0 Å². The number of nitrogen functional groups attached to an aromatic ring is 1. The summed E-state index contributed by atoms with van der Waals surface area (Å²) >= 11 is 0. The Balaban J connectivity index is 2.22. The second kappa shape index (κ2) is 5.31. The lowest BCUT2D eigenvalue weighted by molar-refractivity contribution is 0.415. The van der Waals surface area contributed by atoms with Gasteiger partial charge in [-0.2, -0.15) is 0 Å². The Kier molecular flexibility index (Phi) is 3.57. The summed E-state index contributed by atoms with van der Waals surface area (Å²) in [6.07, 6.45) is 0. The van der Waals surface area contributed by atoms with E-state index in [1.807, 2.05) is 36.4 Å². The Morgan fingerprint density at radius 1 is 0.944 bits per heavy atom. The molecule has 0 bridgehead atoms. The number of ether oxygens (including phenoxy) is 2. The Morgan fingerprint density at radius 3 is 2.33 bits per heavy atom. The molecular formula is C14H16N2O2. The number of nitrogens with two attached hydrogens (primary N) is 1. The van der Waals surface area contributed by atoms with E-state index in [4.69, 9.17) is 15.2 Å². The molecule has 0 unspecified atom stereocenters. The van der Waals surface area contributed by atoms with E-state index in [0.717, 1.165) is 22.9 Å². The molecule has 0 amide bonds. The van der Waals surface area contributed by atoms with E-state index in [0.29, 0.717) is 5.69 Å². The lowest BCUT2D eigenvalue weighted by Gasteiger charge is -2.11. The molecule has 0 saturated carbocycles. The number of methoxy groups -OCH3 is 2. The van der Waals surface area contributed by atoms with Crippen LogP contribution in [0.2, 0.25) is 0 Å². The number of benzene rings is 2. The maximum absolute atomic E-state index is 5.94. The number of hydrogen-bond donors (Lipinski definition) is 2. The molecule has 0 aromatic heterocycles. The first-order valence-corrected chi connectivity index (χ1v) is 5.57. The van der Waals surface area contributed by atoms with Crippen LogP contribution in [0.3, 0.4) is 0 Å². The van der Waals surface area contributed by atoms with E-state index in [2.05, 4.69) is 5.32 Å². The molecule has 2 aromatic rings. The van der Waals surface area contributed by atoms with Crippen molar-refractivity contribution in [3.63, 3.8) is 0 Å². The van der Waals surface area contributed by atoms with Crippen molar-refractivity contribution in [2.75, 3.05) is 25.3 Å². The molecule has 3 N–H and O–H groups in total. The smallest absolute Gasteiger partial charge is 0.121 e. The monoisotopic (exact) mass is 244 g/mol. The van der Waals surface area contributed by atoms with Gasteiger partial charge in [0, 0.05) is 17.8 Å². The second-order valence-electron chi connectivity index (χ2n) is 3.81. The average molecular weight is 244 g/mol. The van der Waals surface area contributed by atoms with Crippen LogP contribution in [-0.4, -0.2) is 14.2 Å². The lowest BCUT2D eigenvalue weighted by atomic mass is 10.2. The zero-order chi connectivity index (χ0) is 13.0. The van der Waals surface area contributed by atoms with Gasteiger partial charge in [-0.05, 0) is 24.3 Å². The minimum Gasteiger partial charge on any atom is -0.497 e. The lowest BCUT2D eigenvalue weighted by Crippen LogP contribution is -1.97. The molecule has 0 atom stereocenters. The SMILES string of the molecule is COc1cccc(Nc2ccc(OC)cc2N)c1. The third-order valence-corrected chi connectivity index (χ3v) is 2.61. The van der Waals surface area contributed by atoms with Gasteiger partial charge in [0.1, 0.15) is 11.5 Å². The summed E-state index contributed by atoms with van der Waals surface area (Å²) in [5.74, 6) is 1.54. The van der Waals surface area contributed by atoms with Crippen molar-refractivity contribution in [3.8, 4) is 11.5 Å². The topological polar surface area (TPSA) is 56.5 Å². The summed E-state index contributed by atoms with van der Waals surface area (Å²) in [6, 6.07) is 13.2. The van der Waals surface area contributed by atoms with Crippen molar-refractivity contribution < 1.29 is 9.47 Å². The van der Waals surface area contributed by atoms with Crippen LogP contribution >= 0.6 is 0 Å². The first-order valence-electron chi connectivity index (χ1n) is 5.57. The Labute approximate surface area is 106 Å². The summed E-state index contributed by atoms with van der Waals surface area (Å²) in [6.45, 7) is 0. The standard InChI is InChI=1S/C14H16N2O2/c1-17-11-5-3-4-10(8-11)16-14-7-6-12(18-2)9-13(14)15/h3-9,16H,15H2,1-2H3. The van der Waals surface area contributed by atoms with Crippen molar-refractivity contribution >= 4 is 17.1 Å². The predicted molar refractivity (Wildman–Crippen MR) is 73.7 cm³/mol. The van der Waals surface area contributed by atoms with Gasteiger partial charge in [-0.15, -0.1) is 0 Å². The average Bonchev–Trinajstić information content (AvgIpc) is 2.41. The molecule has 0 spiro atoms. The van der Waals surface area contributed by atoms with Crippen LogP contribution in [0.25, 0.3) is 0 Å². The van der Waals surface area contributed by atoms with Crippen molar-refractivity contribution in [2.24, 2.45) is 0 Å². The number of hydrogen-bond acceptors (Lipinski definition) is 4. The highest BCUT2D eigenvalue weighted by molar-refractivity contribution is 5.74. The van der Waals surface area contributed by atoms with Gasteiger partial charge in [0.05, 0.1) is 25.6 Å². The highest BCUT2D eigenvalue weighted by Gasteiger charge is 2.02. The molecule has 0 saturated heterocycles. The molecule has 0 aliphatic heterocycles. The molecule has 0 heterocycles. The Morgan fingerprint density at radius 2 is 1.67 bits per heavy atom. The summed E-state index contributed by atoms with van der Waals surface area (Å²) in [5.41, 5.74) is 8.34. The molecule has 18 heavy (non-hydrogen) atoms. The highest BCUT2D eigenvalue weighted by Crippen LogP contribution is 2.28. The van der Waals surface area contributed by atoms with E-state index in [-0.39, 0.29) is 0 Å². The van der Waals surface area contributed by atoms with Crippen LogP contribution in [0.5, 0.6) is 11.5 Å². The van der Waals surface area contributed by atoms with Crippen molar-refractivity contribution in [2.45, 2.75) is 0 Å². The fourth-order valence-electron chi connectivity index (χ4n) is 1.64. The van der Waals surface area contributed by atoms with E-state index in [1.54, 1.807) is 20.3 Å². The summed E-state index contributed by atoms with van der Waals surface area (Å²) < 4.78 is 10.3. The van der Waals surface area contributed by atoms with Crippen LogP contribution in [0.1, 0.15) is 0 Å². The molecule has 4 nitrogen and oxygen atoms in total. The van der Waals surface area contributed by atoms with Crippen LogP contribution in [0.4, 0.5) is 17.1 Å². The molecule has 4 heteroatoms. The summed E-state index contributed by atoms with van der Waals surface area (Å²) in [7, 11) is 3.25. The number of nitrogens with one attached hydrogen (secondary N) is 1. The maximum Gasteiger partial charge on any atom is 0.121 e. The van der Waals surface area contributed by atoms with Gasteiger partial charge >= 0.3 is 0 Å².